The summed E-state index contributed by atoms with van der Waals surface area (Å²) in [5, 5.41) is 0. The molecule has 0 radical (unpaired) electrons. The Morgan fingerprint density at radius 1 is 0.966 bits per heavy atom. The fourth-order valence-electron chi connectivity index (χ4n) is 3.42. The Kier molecular flexibility index (Phi) is 9.93. The van der Waals surface area contributed by atoms with Crippen LogP contribution in [0, 0.1) is 0 Å². The molecule has 0 aliphatic carbocycles. The van der Waals surface area contributed by atoms with Gasteiger partial charge in [0.25, 0.3) is 0 Å². The SMILES string of the molecule is CC(C)(N)C(=O)N1CCN(C(COc2ccccc2)c2ccccc2)CC1.Cl.Cl. The van der Waals surface area contributed by atoms with Gasteiger partial charge in [-0.25, -0.2) is 0 Å². The van der Waals surface area contributed by atoms with Crippen LogP contribution in [0.15, 0.2) is 60.7 Å². The maximum atomic E-state index is 12.4. The van der Waals surface area contributed by atoms with E-state index >= 15 is 0 Å². The van der Waals surface area contributed by atoms with Gasteiger partial charge in [0.1, 0.15) is 12.4 Å². The van der Waals surface area contributed by atoms with Crippen LogP contribution in [0.5, 0.6) is 5.75 Å². The topological polar surface area (TPSA) is 58.8 Å². The van der Waals surface area contributed by atoms with E-state index in [1.54, 1.807) is 13.8 Å². The maximum absolute atomic E-state index is 12.4. The third-order valence-corrected chi connectivity index (χ3v) is 4.93. The molecule has 7 heteroatoms. The van der Waals surface area contributed by atoms with Gasteiger partial charge in [-0.1, -0.05) is 48.5 Å². The first-order chi connectivity index (χ1) is 12.9. The van der Waals surface area contributed by atoms with Gasteiger partial charge in [-0.05, 0) is 31.5 Å². The highest BCUT2D eigenvalue weighted by atomic mass is 35.5. The van der Waals surface area contributed by atoms with Gasteiger partial charge < -0.3 is 15.4 Å². The van der Waals surface area contributed by atoms with Gasteiger partial charge in [0.2, 0.25) is 5.91 Å². The predicted molar refractivity (Wildman–Crippen MR) is 122 cm³/mol. The van der Waals surface area contributed by atoms with Crippen LogP contribution < -0.4 is 10.5 Å². The van der Waals surface area contributed by atoms with E-state index in [2.05, 4.69) is 29.2 Å². The number of ether oxygens (including phenoxy) is 1. The van der Waals surface area contributed by atoms with E-state index in [0.29, 0.717) is 19.7 Å². The summed E-state index contributed by atoms with van der Waals surface area (Å²) in [5.74, 6) is 0.885. The molecule has 1 fully saturated rings. The summed E-state index contributed by atoms with van der Waals surface area (Å²) in [4.78, 5) is 16.7. The van der Waals surface area contributed by atoms with E-state index in [1.807, 2.05) is 41.3 Å². The summed E-state index contributed by atoms with van der Waals surface area (Å²) in [7, 11) is 0. The van der Waals surface area contributed by atoms with Gasteiger partial charge in [-0.2, -0.15) is 0 Å². The standard InChI is InChI=1S/C22H29N3O2.2ClH/c1-22(2,23)21(26)25-15-13-24(14-16-25)20(18-9-5-3-6-10-18)17-27-19-11-7-4-8-12-19;;/h3-12,20H,13-17,23H2,1-2H3;2*1H. The van der Waals surface area contributed by atoms with Crippen molar-refractivity contribution in [2.45, 2.75) is 25.4 Å². The number of halogens is 2. The molecule has 1 heterocycles. The van der Waals surface area contributed by atoms with Crippen LogP contribution in [0.4, 0.5) is 0 Å². The molecule has 1 unspecified atom stereocenters. The highest BCUT2D eigenvalue weighted by molar-refractivity contribution is 5.86. The maximum Gasteiger partial charge on any atom is 0.242 e. The van der Waals surface area contributed by atoms with Crippen molar-refractivity contribution in [1.29, 1.82) is 0 Å². The molecule has 1 atom stereocenters. The van der Waals surface area contributed by atoms with Gasteiger partial charge in [-0.15, -0.1) is 24.8 Å². The Hall–Kier alpha value is -1.79. The quantitative estimate of drug-likeness (QED) is 0.747. The van der Waals surface area contributed by atoms with Gasteiger partial charge in [0.05, 0.1) is 11.6 Å². The predicted octanol–water partition coefficient (Wildman–Crippen LogP) is 3.53. The Balaban J connectivity index is 0.00000210. The van der Waals surface area contributed by atoms with E-state index in [-0.39, 0.29) is 36.8 Å². The zero-order valence-corrected chi connectivity index (χ0v) is 18.6. The number of nitrogens with two attached hydrogens (primary N) is 1. The summed E-state index contributed by atoms with van der Waals surface area (Å²) in [6.07, 6.45) is 0. The van der Waals surface area contributed by atoms with Crippen molar-refractivity contribution in [3.05, 3.63) is 66.2 Å². The zero-order chi connectivity index (χ0) is 19.3. The Morgan fingerprint density at radius 2 is 1.48 bits per heavy atom. The lowest BCUT2D eigenvalue weighted by molar-refractivity contribution is -0.138. The Morgan fingerprint density at radius 3 is 2.00 bits per heavy atom. The number of benzene rings is 2. The molecule has 1 amide bonds. The molecule has 29 heavy (non-hydrogen) atoms. The van der Waals surface area contributed by atoms with Crippen LogP contribution in [0.25, 0.3) is 0 Å². The van der Waals surface area contributed by atoms with Crippen molar-refractivity contribution in [1.82, 2.24) is 9.80 Å². The van der Waals surface area contributed by atoms with Gasteiger partial charge in [0, 0.05) is 26.2 Å². The summed E-state index contributed by atoms with van der Waals surface area (Å²) in [5.41, 5.74) is 6.39. The molecule has 5 nitrogen and oxygen atoms in total. The smallest absolute Gasteiger partial charge is 0.242 e. The molecule has 0 aromatic heterocycles. The van der Waals surface area contributed by atoms with Crippen LogP contribution in [0.2, 0.25) is 0 Å². The van der Waals surface area contributed by atoms with Crippen LogP contribution in [-0.4, -0.2) is 54.0 Å². The average molecular weight is 440 g/mol. The number of carbonyl (C=O) groups excluding carboxylic acids is 1. The molecule has 1 aliphatic heterocycles. The first kappa shape index (κ1) is 25.2. The Bertz CT molecular complexity index is 731. The first-order valence-corrected chi connectivity index (χ1v) is 9.50. The minimum Gasteiger partial charge on any atom is -0.492 e. The van der Waals surface area contributed by atoms with E-state index in [1.165, 1.54) is 5.56 Å². The van der Waals surface area contributed by atoms with Crippen LogP contribution >= 0.6 is 24.8 Å². The fourth-order valence-corrected chi connectivity index (χ4v) is 3.42. The molecule has 0 spiro atoms. The molecule has 2 aromatic carbocycles. The molecule has 1 aliphatic rings. The van der Waals surface area contributed by atoms with Crippen molar-refractivity contribution in [3.8, 4) is 5.75 Å². The third kappa shape index (κ3) is 6.89. The lowest BCUT2D eigenvalue weighted by Gasteiger charge is -2.41. The second-order valence-electron chi connectivity index (χ2n) is 7.60. The number of rotatable bonds is 6. The molecular weight excluding hydrogens is 409 g/mol. The van der Waals surface area contributed by atoms with Crippen molar-refractivity contribution < 1.29 is 9.53 Å². The summed E-state index contributed by atoms with van der Waals surface area (Å²) in [6, 6.07) is 20.5. The van der Waals surface area contributed by atoms with Crippen LogP contribution in [0.1, 0.15) is 25.5 Å². The molecule has 0 saturated carbocycles. The number of carbonyl (C=O) groups is 1. The highest BCUT2D eigenvalue weighted by Crippen LogP contribution is 2.24. The number of hydrogen-bond donors (Lipinski definition) is 1. The Labute approximate surface area is 186 Å². The van der Waals surface area contributed by atoms with Crippen LogP contribution in [0.3, 0.4) is 0 Å². The number of para-hydroxylation sites is 1. The van der Waals surface area contributed by atoms with Gasteiger partial charge in [0.15, 0.2) is 0 Å². The zero-order valence-electron chi connectivity index (χ0n) is 17.0. The van der Waals surface area contributed by atoms with E-state index < -0.39 is 5.54 Å². The van der Waals surface area contributed by atoms with Crippen molar-refractivity contribution >= 4 is 30.7 Å². The van der Waals surface area contributed by atoms with E-state index in [9.17, 15) is 4.79 Å². The van der Waals surface area contributed by atoms with E-state index in [4.69, 9.17) is 10.5 Å². The molecule has 2 aromatic rings. The number of piperazine rings is 1. The lowest BCUT2D eigenvalue weighted by Crippen LogP contribution is -2.57. The third-order valence-electron chi connectivity index (χ3n) is 4.93. The molecular formula is C22H31Cl2N3O2. The average Bonchev–Trinajstić information content (AvgIpc) is 2.69. The summed E-state index contributed by atoms with van der Waals surface area (Å²) >= 11 is 0. The molecule has 3 rings (SSSR count). The van der Waals surface area contributed by atoms with Crippen molar-refractivity contribution in [2.75, 3.05) is 32.8 Å². The van der Waals surface area contributed by atoms with Gasteiger partial charge >= 0.3 is 0 Å². The number of nitrogens with zero attached hydrogens (tertiary/aromatic N) is 2. The molecule has 0 bridgehead atoms. The number of amides is 1. The normalized spacial score (nSPS) is 15.6. The first-order valence-electron chi connectivity index (χ1n) is 9.50. The fraction of sp³-hybridized carbons (Fsp3) is 0.409. The highest BCUT2D eigenvalue weighted by Gasteiger charge is 2.32. The van der Waals surface area contributed by atoms with Gasteiger partial charge in [-0.3, -0.25) is 9.69 Å². The monoisotopic (exact) mass is 439 g/mol. The minimum atomic E-state index is -0.822. The van der Waals surface area contributed by atoms with Crippen LogP contribution in [-0.2, 0) is 4.79 Å². The summed E-state index contributed by atoms with van der Waals surface area (Å²) < 4.78 is 6.06. The molecule has 2 N–H and O–H groups in total. The minimum absolute atomic E-state index is 0. The lowest BCUT2D eigenvalue weighted by atomic mass is 10.0. The number of hydrogen-bond acceptors (Lipinski definition) is 4. The second kappa shape index (κ2) is 11.4. The summed E-state index contributed by atoms with van der Waals surface area (Å²) in [6.45, 7) is 7.09. The molecule has 160 valence electrons. The van der Waals surface area contributed by atoms with Crippen molar-refractivity contribution in [2.24, 2.45) is 5.73 Å². The second-order valence-corrected chi connectivity index (χ2v) is 7.60. The van der Waals surface area contributed by atoms with Crippen molar-refractivity contribution in [3.63, 3.8) is 0 Å². The van der Waals surface area contributed by atoms with E-state index in [0.717, 1.165) is 18.8 Å². The largest absolute Gasteiger partial charge is 0.492 e. The molecule has 1 saturated heterocycles.